The van der Waals surface area contributed by atoms with Gasteiger partial charge < -0.3 is 0 Å². The molecule has 0 bridgehead atoms. The van der Waals surface area contributed by atoms with E-state index in [4.69, 9.17) is 0 Å². The van der Waals surface area contributed by atoms with Crippen LogP contribution in [0.1, 0.15) is 5.56 Å². The van der Waals surface area contributed by atoms with Crippen molar-refractivity contribution in [1.29, 1.82) is 0 Å². The molecule has 0 unspecified atom stereocenters. The highest BCUT2D eigenvalue weighted by atomic mass is 16.6. The van der Waals surface area contributed by atoms with Crippen molar-refractivity contribution in [3.05, 3.63) is 64.3 Å². The zero-order valence-electron chi connectivity index (χ0n) is 9.35. The SMILES string of the molecule is O=[N+]([O-])c1cccc(C=NNc2ccccn2)c1. The van der Waals surface area contributed by atoms with Crippen LogP contribution in [0.15, 0.2) is 53.8 Å². The third-order valence-electron chi connectivity index (χ3n) is 2.14. The number of nitrogens with zero attached hydrogens (tertiary/aromatic N) is 3. The number of aromatic nitrogens is 1. The smallest absolute Gasteiger partial charge is 0.261 e. The average molecular weight is 242 g/mol. The van der Waals surface area contributed by atoms with Crippen LogP contribution < -0.4 is 5.43 Å². The predicted molar refractivity (Wildman–Crippen MR) is 68.6 cm³/mol. The molecule has 0 saturated carbocycles. The van der Waals surface area contributed by atoms with E-state index in [9.17, 15) is 10.1 Å². The first-order valence-electron chi connectivity index (χ1n) is 5.20. The molecule has 18 heavy (non-hydrogen) atoms. The summed E-state index contributed by atoms with van der Waals surface area (Å²) in [5.74, 6) is 0.610. The van der Waals surface area contributed by atoms with E-state index in [-0.39, 0.29) is 5.69 Å². The molecular formula is C12H10N4O2. The Bertz CT molecular complexity index is 569. The number of nitrogens with one attached hydrogen (secondary N) is 1. The highest BCUT2D eigenvalue weighted by molar-refractivity contribution is 5.81. The van der Waals surface area contributed by atoms with Crippen molar-refractivity contribution in [1.82, 2.24) is 4.98 Å². The van der Waals surface area contributed by atoms with Crippen LogP contribution in [0.2, 0.25) is 0 Å². The summed E-state index contributed by atoms with van der Waals surface area (Å²) in [5, 5.41) is 14.5. The van der Waals surface area contributed by atoms with E-state index in [0.29, 0.717) is 11.4 Å². The second-order valence-electron chi connectivity index (χ2n) is 3.44. The molecule has 1 heterocycles. The van der Waals surface area contributed by atoms with E-state index in [2.05, 4.69) is 15.5 Å². The Morgan fingerprint density at radius 3 is 2.89 bits per heavy atom. The van der Waals surface area contributed by atoms with Crippen LogP contribution in [0.4, 0.5) is 11.5 Å². The molecule has 1 N–H and O–H groups in total. The minimum Gasteiger partial charge on any atom is -0.261 e. The molecule has 1 aromatic carbocycles. The maximum atomic E-state index is 10.6. The molecule has 0 amide bonds. The summed E-state index contributed by atoms with van der Waals surface area (Å²) < 4.78 is 0. The first-order valence-corrected chi connectivity index (χ1v) is 5.20. The van der Waals surface area contributed by atoms with Gasteiger partial charge in [-0.3, -0.25) is 15.5 Å². The summed E-state index contributed by atoms with van der Waals surface area (Å²) in [4.78, 5) is 14.2. The highest BCUT2D eigenvalue weighted by Crippen LogP contribution is 2.11. The Kier molecular flexibility index (Phi) is 3.60. The molecule has 0 saturated heterocycles. The minimum atomic E-state index is -0.441. The van der Waals surface area contributed by atoms with Crippen LogP contribution >= 0.6 is 0 Å². The zero-order valence-corrected chi connectivity index (χ0v) is 9.35. The number of hydrogen-bond donors (Lipinski definition) is 1. The lowest BCUT2D eigenvalue weighted by Gasteiger charge is -1.97. The van der Waals surface area contributed by atoms with Gasteiger partial charge in [0.05, 0.1) is 11.1 Å². The number of pyridine rings is 1. The van der Waals surface area contributed by atoms with Crippen molar-refractivity contribution in [2.75, 3.05) is 5.43 Å². The molecule has 0 atom stereocenters. The van der Waals surface area contributed by atoms with Crippen molar-refractivity contribution >= 4 is 17.7 Å². The molecule has 0 aliphatic heterocycles. The fourth-order valence-electron chi connectivity index (χ4n) is 1.32. The van der Waals surface area contributed by atoms with Crippen LogP contribution in [0.25, 0.3) is 0 Å². The van der Waals surface area contributed by atoms with Gasteiger partial charge in [0.25, 0.3) is 5.69 Å². The van der Waals surface area contributed by atoms with Crippen molar-refractivity contribution in [2.45, 2.75) is 0 Å². The fraction of sp³-hybridized carbons (Fsp3) is 0. The summed E-state index contributed by atoms with van der Waals surface area (Å²) in [6.45, 7) is 0. The molecule has 6 heteroatoms. The average Bonchev–Trinajstić information content (AvgIpc) is 2.40. The van der Waals surface area contributed by atoms with E-state index >= 15 is 0 Å². The van der Waals surface area contributed by atoms with Crippen molar-refractivity contribution < 1.29 is 4.92 Å². The van der Waals surface area contributed by atoms with Gasteiger partial charge in [-0.1, -0.05) is 18.2 Å². The standard InChI is InChI=1S/C12H10N4O2/c17-16(18)11-5-3-4-10(8-11)9-14-15-12-6-1-2-7-13-12/h1-9H,(H,13,15). The van der Waals surface area contributed by atoms with Crippen molar-refractivity contribution in [2.24, 2.45) is 5.10 Å². The lowest BCUT2D eigenvalue weighted by molar-refractivity contribution is -0.384. The van der Waals surface area contributed by atoms with Crippen LogP contribution in [-0.2, 0) is 0 Å². The number of rotatable bonds is 4. The largest absolute Gasteiger partial charge is 0.270 e. The van der Waals surface area contributed by atoms with Gasteiger partial charge in [-0.25, -0.2) is 4.98 Å². The van der Waals surface area contributed by atoms with Gasteiger partial charge in [-0.05, 0) is 12.1 Å². The van der Waals surface area contributed by atoms with Gasteiger partial charge in [0.2, 0.25) is 0 Å². The van der Waals surface area contributed by atoms with Gasteiger partial charge in [0, 0.05) is 23.9 Å². The fourth-order valence-corrected chi connectivity index (χ4v) is 1.32. The van der Waals surface area contributed by atoms with E-state index in [1.54, 1.807) is 30.5 Å². The summed E-state index contributed by atoms with van der Waals surface area (Å²) in [7, 11) is 0. The number of nitro benzene ring substituents is 1. The lowest BCUT2D eigenvalue weighted by atomic mass is 10.2. The van der Waals surface area contributed by atoms with E-state index in [1.807, 2.05) is 6.07 Å². The number of nitro groups is 1. The molecule has 0 radical (unpaired) electrons. The Morgan fingerprint density at radius 1 is 1.28 bits per heavy atom. The Labute approximate surface area is 103 Å². The minimum absolute atomic E-state index is 0.0387. The normalized spacial score (nSPS) is 10.4. The van der Waals surface area contributed by atoms with Crippen LogP contribution in [0.3, 0.4) is 0 Å². The molecule has 0 fully saturated rings. The molecule has 90 valence electrons. The van der Waals surface area contributed by atoms with Gasteiger partial charge in [-0.2, -0.15) is 5.10 Å². The second kappa shape index (κ2) is 5.53. The molecule has 1 aromatic heterocycles. The lowest BCUT2D eigenvalue weighted by Crippen LogP contribution is -1.93. The third-order valence-corrected chi connectivity index (χ3v) is 2.14. The topological polar surface area (TPSA) is 80.4 Å². The first-order chi connectivity index (χ1) is 8.75. The molecule has 0 spiro atoms. The molecule has 2 aromatic rings. The highest BCUT2D eigenvalue weighted by Gasteiger charge is 2.03. The summed E-state index contributed by atoms with van der Waals surface area (Å²) >= 11 is 0. The number of benzene rings is 1. The predicted octanol–water partition coefficient (Wildman–Crippen LogP) is 2.44. The molecular weight excluding hydrogens is 232 g/mol. The van der Waals surface area contributed by atoms with Crippen molar-refractivity contribution in [3.8, 4) is 0 Å². The van der Waals surface area contributed by atoms with Crippen molar-refractivity contribution in [3.63, 3.8) is 0 Å². The maximum absolute atomic E-state index is 10.6. The quantitative estimate of drug-likeness (QED) is 0.507. The van der Waals surface area contributed by atoms with Gasteiger partial charge >= 0.3 is 0 Å². The maximum Gasteiger partial charge on any atom is 0.270 e. The molecule has 0 aliphatic rings. The van der Waals surface area contributed by atoms with Crippen LogP contribution in [0.5, 0.6) is 0 Å². The van der Waals surface area contributed by atoms with Gasteiger partial charge in [0.15, 0.2) is 0 Å². The Balaban J connectivity index is 2.05. The Morgan fingerprint density at radius 2 is 2.17 bits per heavy atom. The van der Waals surface area contributed by atoms with Gasteiger partial charge in [-0.15, -0.1) is 0 Å². The Hall–Kier alpha value is -2.76. The van der Waals surface area contributed by atoms with E-state index in [1.165, 1.54) is 18.3 Å². The number of hydrogen-bond acceptors (Lipinski definition) is 5. The number of hydrazone groups is 1. The molecule has 0 aliphatic carbocycles. The third kappa shape index (κ3) is 3.11. The summed E-state index contributed by atoms with van der Waals surface area (Å²) in [5.41, 5.74) is 3.41. The van der Waals surface area contributed by atoms with Gasteiger partial charge in [0.1, 0.15) is 5.82 Å². The monoisotopic (exact) mass is 242 g/mol. The number of anilines is 1. The van der Waals surface area contributed by atoms with E-state index < -0.39 is 4.92 Å². The van der Waals surface area contributed by atoms with E-state index in [0.717, 1.165) is 0 Å². The zero-order chi connectivity index (χ0) is 12.8. The molecule has 6 nitrogen and oxygen atoms in total. The first kappa shape index (κ1) is 11.7. The van der Waals surface area contributed by atoms with Crippen LogP contribution in [-0.4, -0.2) is 16.1 Å². The second-order valence-corrected chi connectivity index (χ2v) is 3.44. The summed E-state index contributed by atoms with van der Waals surface area (Å²) in [6, 6.07) is 11.6. The van der Waals surface area contributed by atoms with Crippen LogP contribution in [0, 0.1) is 10.1 Å². The summed E-state index contributed by atoms with van der Waals surface area (Å²) in [6.07, 6.45) is 3.15. The number of non-ortho nitro benzene ring substituents is 1. The molecule has 2 rings (SSSR count).